The summed E-state index contributed by atoms with van der Waals surface area (Å²) in [5.41, 5.74) is 8.20. The molecule has 2 aliphatic rings. The first-order valence-corrected chi connectivity index (χ1v) is 5.85. The first kappa shape index (κ1) is 14.1. The van der Waals surface area contributed by atoms with Crippen molar-refractivity contribution in [3.63, 3.8) is 0 Å². The van der Waals surface area contributed by atoms with E-state index in [2.05, 4.69) is 4.79 Å². The number of methoxy groups -OCH3 is 1. The third kappa shape index (κ3) is 2.99. The van der Waals surface area contributed by atoms with Crippen molar-refractivity contribution < 1.29 is 33.3 Å². The number of hydrogen-bond acceptors (Lipinski definition) is 6. The number of hydrogen-bond donors (Lipinski definition) is 0. The van der Waals surface area contributed by atoms with Crippen LogP contribution in [-0.2, 0) is 28.5 Å². The summed E-state index contributed by atoms with van der Waals surface area (Å²) in [5.74, 6) is -1.49. The Kier molecular flexibility index (Phi) is 3.98. The van der Waals surface area contributed by atoms with Crippen LogP contribution in [0.15, 0.2) is 0 Å². The third-order valence-corrected chi connectivity index (χ3v) is 2.89. The summed E-state index contributed by atoms with van der Waals surface area (Å²) >= 11 is 0. The van der Waals surface area contributed by atoms with Crippen LogP contribution in [0.1, 0.15) is 13.8 Å². The summed E-state index contributed by atoms with van der Waals surface area (Å²) in [7, 11) is 1.50. The molecule has 0 aromatic carbocycles. The zero-order valence-corrected chi connectivity index (χ0v) is 10.9. The van der Waals surface area contributed by atoms with Crippen molar-refractivity contribution in [1.29, 1.82) is 0 Å². The van der Waals surface area contributed by atoms with Gasteiger partial charge in [-0.25, -0.2) is 4.79 Å². The van der Waals surface area contributed by atoms with Gasteiger partial charge in [0.1, 0.15) is 24.9 Å². The van der Waals surface area contributed by atoms with E-state index in [1.165, 1.54) is 7.11 Å². The van der Waals surface area contributed by atoms with Gasteiger partial charge in [-0.2, -0.15) is 4.79 Å². The average Bonchev–Trinajstić information content (AvgIpc) is 2.80. The van der Waals surface area contributed by atoms with Gasteiger partial charge in [-0.3, -0.25) is 0 Å². The first-order chi connectivity index (χ1) is 8.96. The van der Waals surface area contributed by atoms with Crippen molar-refractivity contribution in [3.8, 4) is 0 Å². The monoisotopic (exact) mass is 272 g/mol. The minimum Gasteiger partial charge on any atom is -0.454 e. The lowest BCUT2D eigenvalue weighted by Gasteiger charge is -2.23. The fourth-order valence-corrected chi connectivity index (χ4v) is 2.21. The molecule has 0 aromatic rings. The molecule has 106 valence electrons. The second-order valence-electron chi connectivity index (χ2n) is 4.72. The molecular formula is C11H16N2O6. The molecule has 0 aromatic heterocycles. The largest absolute Gasteiger partial charge is 0.454 e. The minimum absolute atomic E-state index is 0.0364. The molecule has 0 aliphatic carbocycles. The Bertz CT molecular complexity index is 406. The number of esters is 1. The first-order valence-electron chi connectivity index (χ1n) is 5.85. The van der Waals surface area contributed by atoms with Crippen LogP contribution in [0.2, 0.25) is 0 Å². The smallest absolute Gasteiger partial charge is 0.413 e. The fraction of sp³-hybridized carbons (Fsp3) is 0.818. The van der Waals surface area contributed by atoms with Gasteiger partial charge in [-0.05, 0) is 13.8 Å². The Balaban J connectivity index is 1.98. The second-order valence-corrected chi connectivity index (χ2v) is 4.72. The molecule has 0 spiro atoms. The molecule has 2 fully saturated rings. The van der Waals surface area contributed by atoms with Gasteiger partial charge in [-0.15, -0.1) is 0 Å². The van der Waals surface area contributed by atoms with Crippen LogP contribution in [0.25, 0.3) is 5.53 Å². The van der Waals surface area contributed by atoms with Gasteiger partial charge in [0.25, 0.3) is 0 Å². The standard InChI is InChI=1S/C11H16N2O6/c1-11(2)18-8-6(5-16-7(14)4-13-12)17-10(15-3)9(8)19-11/h4,6,8-10H,5H2,1-3H3/t6-,8-,9-,10-/m1/s1. The van der Waals surface area contributed by atoms with Crippen LogP contribution in [-0.4, -0.2) is 61.1 Å². The topological polar surface area (TPSA) is 99.6 Å². The highest BCUT2D eigenvalue weighted by Gasteiger charge is 2.55. The highest BCUT2D eigenvalue weighted by Crippen LogP contribution is 2.38. The SMILES string of the molecule is CO[C@@H]1O[C@H](COC(=O)C=[N+]=[N-])[C@H]2OC(C)(C)O[C@@H]12. The molecule has 8 heteroatoms. The molecule has 0 saturated carbocycles. The number of ether oxygens (including phenoxy) is 5. The quantitative estimate of drug-likeness (QED) is 0.302. The Morgan fingerprint density at radius 1 is 1.42 bits per heavy atom. The zero-order valence-electron chi connectivity index (χ0n) is 10.9. The molecule has 0 bridgehead atoms. The van der Waals surface area contributed by atoms with Gasteiger partial charge in [-0.1, -0.05) is 0 Å². The van der Waals surface area contributed by atoms with Crippen LogP contribution >= 0.6 is 0 Å². The Hall–Kier alpha value is -1.31. The molecule has 0 radical (unpaired) electrons. The van der Waals surface area contributed by atoms with Gasteiger partial charge in [0.05, 0.1) is 0 Å². The normalized spacial score (nSPS) is 35.5. The zero-order chi connectivity index (χ0) is 14.0. The van der Waals surface area contributed by atoms with Crippen LogP contribution in [0, 0.1) is 0 Å². The minimum atomic E-state index is -0.762. The van der Waals surface area contributed by atoms with Crippen LogP contribution in [0.4, 0.5) is 0 Å². The molecular weight excluding hydrogens is 256 g/mol. The maximum atomic E-state index is 11.1. The molecule has 19 heavy (non-hydrogen) atoms. The predicted octanol–water partition coefficient (Wildman–Crippen LogP) is -0.278. The van der Waals surface area contributed by atoms with Gasteiger partial charge in [0.15, 0.2) is 12.1 Å². The van der Waals surface area contributed by atoms with E-state index in [4.69, 9.17) is 29.2 Å². The van der Waals surface area contributed by atoms with Crippen LogP contribution in [0.5, 0.6) is 0 Å². The van der Waals surface area contributed by atoms with E-state index < -0.39 is 24.2 Å². The van der Waals surface area contributed by atoms with E-state index >= 15 is 0 Å². The Morgan fingerprint density at radius 3 is 2.74 bits per heavy atom. The lowest BCUT2D eigenvalue weighted by molar-refractivity contribution is -0.231. The highest BCUT2D eigenvalue weighted by atomic mass is 16.8. The number of rotatable bonds is 4. The van der Waals surface area contributed by atoms with E-state index in [0.29, 0.717) is 6.21 Å². The van der Waals surface area contributed by atoms with Crippen molar-refractivity contribution in [2.75, 3.05) is 13.7 Å². The summed E-state index contributed by atoms with van der Waals surface area (Å²) in [6, 6.07) is 0. The molecule has 4 atom stereocenters. The van der Waals surface area contributed by atoms with E-state index in [1.54, 1.807) is 13.8 Å². The molecule has 2 saturated heterocycles. The molecule has 8 nitrogen and oxygen atoms in total. The number of carbonyl (C=O) groups excluding carboxylic acids is 1. The van der Waals surface area contributed by atoms with Gasteiger partial charge in [0.2, 0.25) is 0 Å². The van der Waals surface area contributed by atoms with Crippen LogP contribution in [0.3, 0.4) is 0 Å². The summed E-state index contributed by atoms with van der Waals surface area (Å²) in [6.45, 7) is 3.55. The Morgan fingerprint density at radius 2 is 2.11 bits per heavy atom. The third-order valence-electron chi connectivity index (χ3n) is 2.89. The van der Waals surface area contributed by atoms with Crippen molar-refractivity contribution in [2.24, 2.45) is 0 Å². The lowest BCUT2D eigenvalue weighted by atomic mass is 10.1. The van der Waals surface area contributed by atoms with E-state index in [-0.39, 0.29) is 18.8 Å². The highest BCUT2D eigenvalue weighted by molar-refractivity contribution is 6.20. The number of carbonyl (C=O) groups is 1. The second kappa shape index (κ2) is 5.36. The predicted molar refractivity (Wildman–Crippen MR) is 60.1 cm³/mol. The lowest BCUT2D eigenvalue weighted by Crippen LogP contribution is -2.33. The average molecular weight is 272 g/mol. The van der Waals surface area contributed by atoms with E-state index in [0.717, 1.165) is 0 Å². The molecule has 0 N–H and O–H groups in total. The van der Waals surface area contributed by atoms with Crippen LogP contribution < -0.4 is 0 Å². The number of nitrogens with zero attached hydrogens (tertiary/aromatic N) is 2. The van der Waals surface area contributed by atoms with Crippen molar-refractivity contribution in [2.45, 2.75) is 44.2 Å². The summed E-state index contributed by atoms with van der Waals surface area (Å²) < 4.78 is 27.0. The summed E-state index contributed by atoms with van der Waals surface area (Å²) in [6.07, 6.45) is -1.14. The summed E-state index contributed by atoms with van der Waals surface area (Å²) in [4.78, 5) is 13.7. The molecule has 0 amide bonds. The fourth-order valence-electron chi connectivity index (χ4n) is 2.21. The molecule has 2 aliphatic heterocycles. The van der Waals surface area contributed by atoms with E-state index in [9.17, 15) is 4.79 Å². The van der Waals surface area contributed by atoms with Crippen molar-refractivity contribution in [1.82, 2.24) is 0 Å². The molecule has 2 rings (SSSR count). The van der Waals surface area contributed by atoms with Crippen molar-refractivity contribution >= 4 is 12.2 Å². The maximum absolute atomic E-state index is 11.1. The van der Waals surface area contributed by atoms with Gasteiger partial charge in [0, 0.05) is 7.11 Å². The molecule has 2 heterocycles. The summed E-state index contributed by atoms with van der Waals surface area (Å²) in [5, 5.41) is 0. The van der Waals surface area contributed by atoms with E-state index in [1.807, 2.05) is 0 Å². The van der Waals surface area contributed by atoms with Crippen molar-refractivity contribution in [3.05, 3.63) is 5.53 Å². The van der Waals surface area contributed by atoms with Gasteiger partial charge < -0.3 is 29.2 Å². The van der Waals surface area contributed by atoms with Gasteiger partial charge >= 0.3 is 12.2 Å². The maximum Gasteiger partial charge on any atom is 0.413 e. The molecule has 0 unspecified atom stereocenters. The Labute approximate surface area is 110 Å². The number of fused-ring (bicyclic) bond motifs is 1.